The van der Waals surface area contributed by atoms with Crippen LogP contribution in [0.5, 0.6) is 0 Å². The number of nitrogens with one attached hydrogen (secondary N) is 1. The molecule has 1 saturated heterocycles. The molecule has 0 unspecified atom stereocenters. The number of carbonyl (C=O) groups is 1. The lowest BCUT2D eigenvalue weighted by atomic mass is 10.1. The molecule has 1 aliphatic rings. The average Bonchev–Trinajstić information content (AvgIpc) is 2.49. The summed E-state index contributed by atoms with van der Waals surface area (Å²) in [7, 11) is -3.64. The second-order valence-corrected chi connectivity index (χ2v) is 7.79. The fraction of sp³-hybridized carbons (Fsp3) is 0.562. The van der Waals surface area contributed by atoms with Gasteiger partial charge in [-0.25, -0.2) is 13.1 Å². The maximum Gasteiger partial charge on any atom is 0.249 e. The molecule has 23 heavy (non-hydrogen) atoms. The van der Waals surface area contributed by atoms with Crippen LogP contribution in [0.2, 0.25) is 0 Å². The second kappa shape index (κ2) is 7.42. The largest absolute Gasteiger partial charge is 0.366 e. The van der Waals surface area contributed by atoms with Crippen LogP contribution >= 0.6 is 0 Å². The van der Waals surface area contributed by atoms with Gasteiger partial charge >= 0.3 is 0 Å². The number of primary amides is 1. The SMILES string of the molecule is CCCN1CCC(NS(=O)(=O)c2ccc(C)c(C(N)=O)c2)CC1. The first kappa shape index (κ1) is 17.9. The van der Waals surface area contributed by atoms with Gasteiger partial charge in [0.15, 0.2) is 0 Å². The number of hydrogen-bond acceptors (Lipinski definition) is 4. The zero-order valence-corrected chi connectivity index (χ0v) is 14.5. The van der Waals surface area contributed by atoms with Crippen molar-refractivity contribution in [2.24, 2.45) is 5.73 Å². The lowest BCUT2D eigenvalue weighted by molar-refractivity contribution is 0.0999. The molecule has 0 aliphatic carbocycles. The molecule has 1 heterocycles. The first-order chi connectivity index (χ1) is 10.8. The van der Waals surface area contributed by atoms with Crippen LogP contribution in [0.1, 0.15) is 42.1 Å². The number of carbonyl (C=O) groups excluding carboxylic acids is 1. The van der Waals surface area contributed by atoms with E-state index < -0.39 is 15.9 Å². The summed E-state index contributed by atoms with van der Waals surface area (Å²) in [5, 5.41) is 0. The molecule has 0 aromatic heterocycles. The Morgan fingerprint density at radius 3 is 2.57 bits per heavy atom. The minimum Gasteiger partial charge on any atom is -0.366 e. The lowest BCUT2D eigenvalue weighted by Gasteiger charge is -2.31. The zero-order chi connectivity index (χ0) is 17.0. The highest BCUT2D eigenvalue weighted by Gasteiger charge is 2.25. The summed E-state index contributed by atoms with van der Waals surface area (Å²) in [5.41, 5.74) is 6.21. The minimum absolute atomic E-state index is 0.0635. The molecule has 0 saturated carbocycles. The molecular formula is C16H25N3O3S. The van der Waals surface area contributed by atoms with Crippen molar-refractivity contribution in [2.45, 2.75) is 44.0 Å². The Bertz CT molecular complexity index is 665. The minimum atomic E-state index is -3.64. The van der Waals surface area contributed by atoms with Crippen molar-refractivity contribution in [3.63, 3.8) is 0 Å². The van der Waals surface area contributed by atoms with E-state index in [-0.39, 0.29) is 16.5 Å². The number of nitrogens with zero attached hydrogens (tertiary/aromatic N) is 1. The van der Waals surface area contributed by atoms with E-state index in [4.69, 9.17) is 5.73 Å². The van der Waals surface area contributed by atoms with Crippen LogP contribution in [0.25, 0.3) is 0 Å². The van der Waals surface area contributed by atoms with Gasteiger partial charge in [0, 0.05) is 11.6 Å². The maximum atomic E-state index is 12.5. The van der Waals surface area contributed by atoms with Gasteiger partial charge in [0.1, 0.15) is 0 Å². The van der Waals surface area contributed by atoms with E-state index >= 15 is 0 Å². The summed E-state index contributed by atoms with van der Waals surface area (Å²) in [6.45, 7) is 6.73. The lowest BCUT2D eigenvalue weighted by Crippen LogP contribution is -2.44. The van der Waals surface area contributed by atoms with Crippen molar-refractivity contribution in [2.75, 3.05) is 19.6 Å². The van der Waals surface area contributed by atoms with E-state index in [0.29, 0.717) is 5.56 Å². The molecular weight excluding hydrogens is 314 g/mol. The van der Waals surface area contributed by atoms with Crippen molar-refractivity contribution >= 4 is 15.9 Å². The Morgan fingerprint density at radius 1 is 1.35 bits per heavy atom. The Hall–Kier alpha value is -1.44. The highest BCUT2D eigenvalue weighted by Crippen LogP contribution is 2.18. The van der Waals surface area contributed by atoms with E-state index in [1.54, 1.807) is 13.0 Å². The average molecular weight is 339 g/mol. The quantitative estimate of drug-likeness (QED) is 0.816. The summed E-state index contributed by atoms with van der Waals surface area (Å²) >= 11 is 0. The number of benzene rings is 1. The number of amides is 1. The van der Waals surface area contributed by atoms with E-state index in [9.17, 15) is 13.2 Å². The summed E-state index contributed by atoms with van der Waals surface area (Å²) in [5.74, 6) is -0.618. The number of hydrogen-bond donors (Lipinski definition) is 2. The summed E-state index contributed by atoms with van der Waals surface area (Å²) in [6, 6.07) is 4.41. The Balaban J connectivity index is 2.08. The Labute approximate surface area is 138 Å². The maximum absolute atomic E-state index is 12.5. The third-order valence-corrected chi connectivity index (χ3v) is 5.75. The second-order valence-electron chi connectivity index (χ2n) is 6.08. The molecule has 1 aromatic carbocycles. The molecule has 3 N–H and O–H groups in total. The van der Waals surface area contributed by atoms with Crippen molar-refractivity contribution in [3.8, 4) is 0 Å². The molecule has 1 fully saturated rings. The molecule has 128 valence electrons. The van der Waals surface area contributed by atoms with Crippen LogP contribution in [-0.4, -0.2) is 44.9 Å². The van der Waals surface area contributed by atoms with Gasteiger partial charge in [-0.2, -0.15) is 0 Å². The van der Waals surface area contributed by atoms with Crippen LogP contribution in [0.3, 0.4) is 0 Å². The number of aryl methyl sites for hydroxylation is 1. The Kier molecular flexibility index (Phi) is 5.78. The van der Waals surface area contributed by atoms with Gasteiger partial charge in [0.25, 0.3) is 0 Å². The van der Waals surface area contributed by atoms with Crippen LogP contribution < -0.4 is 10.5 Å². The summed E-state index contributed by atoms with van der Waals surface area (Å²) in [6.07, 6.45) is 2.71. The highest BCUT2D eigenvalue weighted by atomic mass is 32.2. The normalized spacial score (nSPS) is 17.3. The van der Waals surface area contributed by atoms with E-state index in [1.807, 2.05) is 0 Å². The topological polar surface area (TPSA) is 92.5 Å². The predicted octanol–water partition coefficient (Wildman–Crippen LogP) is 1.25. The van der Waals surface area contributed by atoms with Crippen LogP contribution in [0, 0.1) is 6.92 Å². The predicted molar refractivity (Wildman–Crippen MR) is 89.8 cm³/mol. The van der Waals surface area contributed by atoms with Crippen LogP contribution in [-0.2, 0) is 10.0 Å². The van der Waals surface area contributed by atoms with Crippen molar-refractivity contribution in [1.29, 1.82) is 0 Å². The molecule has 1 aliphatic heterocycles. The summed E-state index contributed by atoms with van der Waals surface area (Å²) < 4.78 is 27.8. The third kappa shape index (κ3) is 4.53. The number of piperidine rings is 1. The first-order valence-electron chi connectivity index (χ1n) is 7.98. The van der Waals surface area contributed by atoms with Gasteiger partial charge in [-0.3, -0.25) is 4.79 Å². The highest BCUT2D eigenvalue weighted by molar-refractivity contribution is 7.89. The van der Waals surface area contributed by atoms with Gasteiger partial charge in [0.2, 0.25) is 15.9 Å². The number of sulfonamides is 1. The van der Waals surface area contributed by atoms with Gasteiger partial charge in [-0.05, 0) is 63.5 Å². The number of rotatable bonds is 6. The zero-order valence-electron chi connectivity index (χ0n) is 13.7. The van der Waals surface area contributed by atoms with Crippen molar-refractivity contribution < 1.29 is 13.2 Å². The molecule has 0 bridgehead atoms. The molecule has 1 aromatic rings. The third-order valence-electron chi connectivity index (χ3n) is 4.23. The molecule has 0 atom stereocenters. The number of likely N-dealkylation sites (tertiary alicyclic amines) is 1. The van der Waals surface area contributed by atoms with Gasteiger partial charge < -0.3 is 10.6 Å². The smallest absolute Gasteiger partial charge is 0.249 e. The first-order valence-corrected chi connectivity index (χ1v) is 9.47. The van der Waals surface area contributed by atoms with E-state index in [1.165, 1.54) is 12.1 Å². The molecule has 1 amide bonds. The molecule has 0 radical (unpaired) electrons. The van der Waals surface area contributed by atoms with Gasteiger partial charge in [-0.1, -0.05) is 13.0 Å². The van der Waals surface area contributed by atoms with Gasteiger partial charge in [0.05, 0.1) is 4.90 Å². The fourth-order valence-electron chi connectivity index (χ4n) is 2.91. The standard InChI is InChI=1S/C16H25N3O3S/c1-3-8-19-9-6-13(7-10-19)18-23(21,22)14-5-4-12(2)15(11-14)16(17)20/h4-5,11,13,18H,3,6-10H2,1-2H3,(H2,17,20). The van der Waals surface area contributed by atoms with E-state index in [0.717, 1.165) is 38.9 Å². The Morgan fingerprint density at radius 2 is 2.00 bits per heavy atom. The van der Waals surface area contributed by atoms with Crippen molar-refractivity contribution in [3.05, 3.63) is 29.3 Å². The molecule has 2 rings (SSSR count). The van der Waals surface area contributed by atoms with Crippen LogP contribution in [0.4, 0.5) is 0 Å². The summed E-state index contributed by atoms with van der Waals surface area (Å²) in [4.78, 5) is 13.8. The number of nitrogens with two attached hydrogens (primary N) is 1. The van der Waals surface area contributed by atoms with Crippen LogP contribution in [0.15, 0.2) is 23.1 Å². The molecule has 0 spiro atoms. The molecule has 7 heteroatoms. The van der Waals surface area contributed by atoms with E-state index in [2.05, 4.69) is 16.5 Å². The monoisotopic (exact) mass is 339 g/mol. The molecule has 6 nitrogen and oxygen atoms in total. The fourth-order valence-corrected chi connectivity index (χ4v) is 4.24. The van der Waals surface area contributed by atoms with Crippen molar-refractivity contribution in [1.82, 2.24) is 9.62 Å². The van der Waals surface area contributed by atoms with Gasteiger partial charge in [-0.15, -0.1) is 0 Å².